The third kappa shape index (κ3) is 3.70. The fourth-order valence-electron chi connectivity index (χ4n) is 1.83. The van der Waals surface area contributed by atoms with Crippen molar-refractivity contribution in [2.24, 2.45) is 11.3 Å². The maximum Gasteiger partial charge on any atom is 0.226 e. The quantitative estimate of drug-likeness (QED) is 0.858. The second-order valence-corrected chi connectivity index (χ2v) is 5.88. The molecular weight excluding hydrogens is 240 g/mol. The maximum atomic E-state index is 11.6. The molecule has 1 aromatic carbocycles. The molecule has 1 aliphatic rings. The summed E-state index contributed by atoms with van der Waals surface area (Å²) >= 11 is 0. The zero-order valence-corrected chi connectivity index (χ0v) is 11.8. The fourth-order valence-corrected chi connectivity index (χ4v) is 1.83. The van der Waals surface area contributed by atoms with Gasteiger partial charge in [0.1, 0.15) is 0 Å². The number of hydrogen-bond donors (Lipinski definition) is 2. The van der Waals surface area contributed by atoms with Crippen molar-refractivity contribution in [1.29, 1.82) is 0 Å². The summed E-state index contributed by atoms with van der Waals surface area (Å²) in [6, 6.07) is 7.81. The van der Waals surface area contributed by atoms with Gasteiger partial charge in [0.25, 0.3) is 0 Å². The van der Waals surface area contributed by atoms with E-state index in [2.05, 4.69) is 17.6 Å². The Hall–Kier alpha value is -1.55. The summed E-state index contributed by atoms with van der Waals surface area (Å²) in [7, 11) is 0. The zero-order chi connectivity index (χ0) is 13.9. The lowest BCUT2D eigenvalue weighted by Gasteiger charge is -2.38. The summed E-state index contributed by atoms with van der Waals surface area (Å²) in [6.45, 7) is 8.52. The Balaban J connectivity index is 1.85. The molecule has 1 aliphatic heterocycles. The molecule has 1 heterocycles. The molecule has 4 heteroatoms. The Morgan fingerprint density at radius 2 is 1.84 bits per heavy atom. The van der Waals surface area contributed by atoms with E-state index in [9.17, 15) is 4.79 Å². The molecule has 0 saturated carbocycles. The predicted octanol–water partition coefficient (Wildman–Crippen LogP) is 2.73. The summed E-state index contributed by atoms with van der Waals surface area (Å²) in [4.78, 5) is 11.6. The minimum atomic E-state index is -0.00336. The molecule has 0 atom stereocenters. The Morgan fingerprint density at radius 3 is 2.32 bits per heavy atom. The van der Waals surface area contributed by atoms with Gasteiger partial charge < -0.3 is 15.4 Å². The van der Waals surface area contributed by atoms with Crippen LogP contribution >= 0.6 is 0 Å². The highest BCUT2D eigenvalue weighted by Gasteiger charge is 2.32. The molecule has 0 aromatic heterocycles. The van der Waals surface area contributed by atoms with E-state index >= 15 is 0 Å². The molecule has 1 saturated heterocycles. The molecule has 0 bridgehead atoms. The molecule has 1 amide bonds. The Morgan fingerprint density at radius 1 is 1.26 bits per heavy atom. The molecule has 0 radical (unpaired) electrons. The van der Waals surface area contributed by atoms with Crippen molar-refractivity contribution in [3.63, 3.8) is 0 Å². The summed E-state index contributed by atoms with van der Waals surface area (Å²) in [6.07, 6.45) is 0. The number of nitrogens with one attached hydrogen (secondary N) is 2. The van der Waals surface area contributed by atoms with Crippen molar-refractivity contribution in [2.75, 3.05) is 30.4 Å². The van der Waals surface area contributed by atoms with Gasteiger partial charge in [-0.3, -0.25) is 4.79 Å². The normalized spacial score (nSPS) is 16.8. The molecule has 4 nitrogen and oxygen atoms in total. The molecule has 2 rings (SSSR count). The van der Waals surface area contributed by atoms with Crippen LogP contribution in [-0.4, -0.2) is 25.7 Å². The highest BCUT2D eigenvalue weighted by molar-refractivity contribution is 5.92. The Kier molecular flexibility index (Phi) is 4.10. The van der Waals surface area contributed by atoms with E-state index < -0.39 is 0 Å². The van der Waals surface area contributed by atoms with Gasteiger partial charge in [0.15, 0.2) is 0 Å². The van der Waals surface area contributed by atoms with Gasteiger partial charge in [-0.2, -0.15) is 0 Å². The number of ether oxygens (including phenoxy) is 1. The van der Waals surface area contributed by atoms with Crippen LogP contribution in [0, 0.1) is 11.3 Å². The number of benzene rings is 1. The van der Waals surface area contributed by atoms with Gasteiger partial charge in [-0.15, -0.1) is 0 Å². The number of carbonyl (C=O) groups excluding carboxylic acids is 1. The smallest absolute Gasteiger partial charge is 0.226 e. The van der Waals surface area contributed by atoms with Gasteiger partial charge in [0.05, 0.1) is 13.2 Å². The molecule has 1 aromatic rings. The molecule has 1 fully saturated rings. The van der Waals surface area contributed by atoms with Crippen molar-refractivity contribution in [3.8, 4) is 0 Å². The molecule has 0 unspecified atom stereocenters. The largest absolute Gasteiger partial charge is 0.384 e. The monoisotopic (exact) mass is 262 g/mol. The van der Waals surface area contributed by atoms with Gasteiger partial charge in [0.2, 0.25) is 5.91 Å². The summed E-state index contributed by atoms with van der Waals surface area (Å²) in [5, 5.41) is 6.27. The SMILES string of the molecule is CC(C)C(=O)Nc1ccc(NCC2(C)COC2)cc1. The number of rotatable bonds is 5. The van der Waals surface area contributed by atoms with E-state index in [0.29, 0.717) is 0 Å². The van der Waals surface area contributed by atoms with Gasteiger partial charge in [-0.05, 0) is 24.3 Å². The third-order valence-corrected chi connectivity index (χ3v) is 3.30. The first-order valence-corrected chi connectivity index (χ1v) is 6.71. The van der Waals surface area contributed by atoms with E-state index in [1.807, 2.05) is 38.1 Å². The lowest BCUT2D eigenvalue weighted by Crippen LogP contribution is -2.45. The second kappa shape index (κ2) is 5.61. The standard InChI is InChI=1S/C15H22N2O2/c1-11(2)14(18)17-13-6-4-12(5-7-13)16-8-15(3)9-19-10-15/h4-7,11,16H,8-10H2,1-3H3,(H,17,18). The average Bonchev–Trinajstić information content (AvgIpc) is 2.35. The Labute approximate surface area is 114 Å². The van der Waals surface area contributed by atoms with Crippen LogP contribution < -0.4 is 10.6 Å². The summed E-state index contributed by atoms with van der Waals surface area (Å²) < 4.78 is 5.22. The van der Waals surface area contributed by atoms with Crippen LogP contribution in [0.1, 0.15) is 20.8 Å². The van der Waals surface area contributed by atoms with Gasteiger partial charge >= 0.3 is 0 Å². The van der Waals surface area contributed by atoms with E-state index in [1.165, 1.54) is 0 Å². The third-order valence-electron chi connectivity index (χ3n) is 3.30. The van der Waals surface area contributed by atoms with Gasteiger partial charge in [-0.25, -0.2) is 0 Å². The minimum Gasteiger partial charge on any atom is -0.384 e. The van der Waals surface area contributed by atoms with E-state index in [1.54, 1.807) is 0 Å². The first kappa shape index (κ1) is 13.9. The van der Waals surface area contributed by atoms with Crippen LogP contribution in [-0.2, 0) is 9.53 Å². The van der Waals surface area contributed by atoms with Gasteiger partial charge in [0, 0.05) is 29.3 Å². The van der Waals surface area contributed by atoms with Crippen molar-refractivity contribution >= 4 is 17.3 Å². The molecule has 104 valence electrons. The van der Waals surface area contributed by atoms with Crippen molar-refractivity contribution in [2.45, 2.75) is 20.8 Å². The van der Waals surface area contributed by atoms with Crippen LogP contribution in [0.15, 0.2) is 24.3 Å². The number of carbonyl (C=O) groups is 1. The summed E-state index contributed by atoms with van der Waals surface area (Å²) in [5.74, 6) is 0.0382. The first-order valence-electron chi connectivity index (χ1n) is 6.71. The van der Waals surface area contributed by atoms with Crippen molar-refractivity contribution in [3.05, 3.63) is 24.3 Å². The minimum absolute atomic E-state index is 0.00336. The van der Waals surface area contributed by atoms with Crippen LogP contribution in [0.5, 0.6) is 0 Å². The average molecular weight is 262 g/mol. The molecule has 2 N–H and O–H groups in total. The van der Waals surface area contributed by atoms with Crippen LogP contribution in [0.2, 0.25) is 0 Å². The second-order valence-electron chi connectivity index (χ2n) is 5.88. The van der Waals surface area contributed by atoms with Crippen molar-refractivity contribution < 1.29 is 9.53 Å². The first-order chi connectivity index (χ1) is 8.98. The van der Waals surface area contributed by atoms with Crippen LogP contribution in [0.25, 0.3) is 0 Å². The van der Waals surface area contributed by atoms with E-state index in [4.69, 9.17) is 4.74 Å². The van der Waals surface area contributed by atoms with Gasteiger partial charge in [-0.1, -0.05) is 20.8 Å². The number of hydrogen-bond acceptors (Lipinski definition) is 3. The van der Waals surface area contributed by atoms with Crippen LogP contribution in [0.4, 0.5) is 11.4 Å². The fraction of sp³-hybridized carbons (Fsp3) is 0.533. The lowest BCUT2D eigenvalue weighted by molar-refractivity contribution is -0.118. The molecule has 0 spiro atoms. The highest BCUT2D eigenvalue weighted by atomic mass is 16.5. The van der Waals surface area contributed by atoms with E-state index in [0.717, 1.165) is 31.1 Å². The predicted molar refractivity (Wildman–Crippen MR) is 77.3 cm³/mol. The number of anilines is 2. The molecular formula is C15H22N2O2. The van der Waals surface area contributed by atoms with E-state index in [-0.39, 0.29) is 17.2 Å². The topological polar surface area (TPSA) is 50.4 Å². The molecule has 19 heavy (non-hydrogen) atoms. The Bertz CT molecular complexity index is 436. The number of amides is 1. The lowest BCUT2D eigenvalue weighted by atomic mass is 9.89. The summed E-state index contributed by atoms with van der Waals surface area (Å²) in [5.41, 5.74) is 2.16. The maximum absolute atomic E-state index is 11.6. The highest BCUT2D eigenvalue weighted by Crippen LogP contribution is 2.27. The zero-order valence-electron chi connectivity index (χ0n) is 11.8. The van der Waals surface area contributed by atoms with Crippen LogP contribution in [0.3, 0.4) is 0 Å². The molecule has 0 aliphatic carbocycles. The van der Waals surface area contributed by atoms with Crippen molar-refractivity contribution in [1.82, 2.24) is 0 Å².